The summed E-state index contributed by atoms with van der Waals surface area (Å²) >= 11 is 0. The average molecular weight is 253 g/mol. The SMILES string of the molecule is COC(=O)/C=C(\Nc1ccc(F)cc1)C(=O)OC. The minimum atomic E-state index is -0.732. The van der Waals surface area contributed by atoms with Crippen LogP contribution in [-0.2, 0) is 19.1 Å². The van der Waals surface area contributed by atoms with Gasteiger partial charge in [0, 0.05) is 5.69 Å². The fourth-order valence-electron chi connectivity index (χ4n) is 1.12. The number of hydrogen-bond donors (Lipinski definition) is 1. The van der Waals surface area contributed by atoms with Gasteiger partial charge in [0.1, 0.15) is 11.5 Å². The maximum atomic E-state index is 12.7. The molecule has 18 heavy (non-hydrogen) atoms. The molecule has 1 aromatic carbocycles. The van der Waals surface area contributed by atoms with Crippen molar-refractivity contribution in [2.75, 3.05) is 19.5 Å². The van der Waals surface area contributed by atoms with Crippen LogP contribution in [0.1, 0.15) is 0 Å². The molecule has 0 atom stereocenters. The number of rotatable bonds is 4. The number of ether oxygens (including phenoxy) is 2. The number of carbonyl (C=O) groups is 2. The molecule has 0 amide bonds. The lowest BCUT2D eigenvalue weighted by molar-refractivity contribution is -0.138. The van der Waals surface area contributed by atoms with Crippen LogP contribution in [0.4, 0.5) is 10.1 Å². The molecule has 0 saturated heterocycles. The maximum absolute atomic E-state index is 12.7. The van der Waals surface area contributed by atoms with Gasteiger partial charge in [0.2, 0.25) is 0 Å². The Morgan fingerprint density at radius 3 is 2.28 bits per heavy atom. The topological polar surface area (TPSA) is 64.6 Å². The molecule has 0 fully saturated rings. The number of carbonyl (C=O) groups excluding carboxylic acids is 2. The summed E-state index contributed by atoms with van der Waals surface area (Å²) in [5, 5.41) is 2.64. The predicted octanol–water partition coefficient (Wildman–Crippen LogP) is 1.47. The van der Waals surface area contributed by atoms with Gasteiger partial charge in [0.15, 0.2) is 0 Å². The van der Waals surface area contributed by atoms with Crippen molar-refractivity contribution < 1.29 is 23.5 Å². The Morgan fingerprint density at radius 2 is 1.78 bits per heavy atom. The van der Waals surface area contributed by atoms with E-state index in [2.05, 4.69) is 14.8 Å². The highest BCUT2D eigenvalue weighted by atomic mass is 19.1. The number of benzene rings is 1. The van der Waals surface area contributed by atoms with Crippen LogP contribution in [0.5, 0.6) is 0 Å². The van der Waals surface area contributed by atoms with E-state index in [0.29, 0.717) is 5.69 Å². The number of anilines is 1. The molecule has 1 N–H and O–H groups in total. The van der Waals surface area contributed by atoms with Gasteiger partial charge in [-0.3, -0.25) is 0 Å². The molecule has 0 aliphatic rings. The molecule has 1 rings (SSSR count). The van der Waals surface area contributed by atoms with Crippen LogP contribution < -0.4 is 5.32 Å². The largest absolute Gasteiger partial charge is 0.466 e. The minimum absolute atomic E-state index is 0.101. The smallest absolute Gasteiger partial charge is 0.354 e. The molecule has 0 aromatic heterocycles. The molecule has 0 bridgehead atoms. The summed E-state index contributed by atoms with van der Waals surface area (Å²) in [7, 11) is 2.37. The van der Waals surface area contributed by atoms with Crippen molar-refractivity contribution >= 4 is 17.6 Å². The molecule has 0 unspecified atom stereocenters. The van der Waals surface area contributed by atoms with Crippen LogP contribution in [0, 0.1) is 5.82 Å². The summed E-state index contributed by atoms with van der Waals surface area (Å²) < 4.78 is 21.6. The molecular formula is C12H12FNO4. The lowest BCUT2D eigenvalue weighted by Gasteiger charge is -2.08. The Morgan fingerprint density at radius 1 is 1.17 bits per heavy atom. The third kappa shape index (κ3) is 3.89. The van der Waals surface area contributed by atoms with Gasteiger partial charge in [-0.15, -0.1) is 0 Å². The zero-order chi connectivity index (χ0) is 13.5. The van der Waals surface area contributed by atoms with Crippen LogP contribution in [0.2, 0.25) is 0 Å². The standard InChI is InChI=1S/C12H12FNO4/c1-17-11(15)7-10(12(16)18-2)14-9-5-3-8(13)4-6-9/h3-7,14H,1-2H3/b10-7-. The van der Waals surface area contributed by atoms with Crippen molar-refractivity contribution in [1.82, 2.24) is 0 Å². The highest BCUT2D eigenvalue weighted by Crippen LogP contribution is 2.12. The van der Waals surface area contributed by atoms with Crippen molar-refractivity contribution in [3.05, 3.63) is 41.9 Å². The lowest BCUT2D eigenvalue weighted by atomic mass is 10.3. The van der Waals surface area contributed by atoms with E-state index in [-0.39, 0.29) is 5.70 Å². The predicted molar refractivity (Wildman–Crippen MR) is 62.1 cm³/mol. The van der Waals surface area contributed by atoms with Crippen molar-refractivity contribution in [3.63, 3.8) is 0 Å². The number of hydrogen-bond acceptors (Lipinski definition) is 5. The summed E-state index contributed by atoms with van der Waals surface area (Å²) in [5.74, 6) is -1.84. The van der Waals surface area contributed by atoms with Crippen molar-refractivity contribution in [1.29, 1.82) is 0 Å². The molecule has 0 spiro atoms. The van der Waals surface area contributed by atoms with Gasteiger partial charge in [-0.05, 0) is 24.3 Å². The molecule has 6 heteroatoms. The zero-order valence-electron chi connectivity index (χ0n) is 9.90. The van der Waals surface area contributed by atoms with E-state index in [1.165, 1.54) is 38.5 Å². The summed E-state index contributed by atoms with van der Waals surface area (Å²) in [6.07, 6.45) is 0.954. The number of nitrogens with one attached hydrogen (secondary N) is 1. The van der Waals surface area contributed by atoms with Gasteiger partial charge in [-0.1, -0.05) is 0 Å². The first-order valence-electron chi connectivity index (χ1n) is 4.97. The monoisotopic (exact) mass is 253 g/mol. The summed E-state index contributed by atoms with van der Waals surface area (Å²) in [6, 6.07) is 5.28. The van der Waals surface area contributed by atoms with Crippen LogP contribution >= 0.6 is 0 Å². The second-order valence-corrected chi connectivity index (χ2v) is 3.20. The summed E-state index contributed by atoms with van der Waals surface area (Å²) in [5.41, 5.74) is 0.341. The summed E-state index contributed by atoms with van der Waals surface area (Å²) in [4.78, 5) is 22.5. The Hall–Kier alpha value is -2.37. The molecule has 1 aromatic rings. The van der Waals surface area contributed by atoms with E-state index in [1.54, 1.807) is 0 Å². The van der Waals surface area contributed by atoms with Crippen LogP contribution in [-0.4, -0.2) is 26.2 Å². The Kier molecular flexibility index (Phi) is 4.86. The van der Waals surface area contributed by atoms with Gasteiger partial charge in [-0.2, -0.15) is 0 Å². The highest BCUT2D eigenvalue weighted by Gasteiger charge is 2.12. The molecule has 0 saturated carbocycles. The first kappa shape index (κ1) is 13.7. The fourth-order valence-corrected chi connectivity index (χ4v) is 1.12. The second-order valence-electron chi connectivity index (χ2n) is 3.20. The maximum Gasteiger partial charge on any atom is 0.354 e. The average Bonchev–Trinajstić information content (AvgIpc) is 2.39. The first-order chi connectivity index (χ1) is 8.56. The van der Waals surface area contributed by atoms with E-state index in [4.69, 9.17) is 0 Å². The molecular weight excluding hydrogens is 241 g/mol. The third-order valence-corrected chi connectivity index (χ3v) is 1.99. The summed E-state index contributed by atoms with van der Waals surface area (Å²) in [6.45, 7) is 0. The van der Waals surface area contributed by atoms with E-state index in [0.717, 1.165) is 6.08 Å². The quantitative estimate of drug-likeness (QED) is 0.650. The van der Waals surface area contributed by atoms with Crippen molar-refractivity contribution in [2.24, 2.45) is 0 Å². The molecule has 5 nitrogen and oxygen atoms in total. The van der Waals surface area contributed by atoms with Gasteiger partial charge in [0.25, 0.3) is 0 Å². The second kappa shape index (κ2) is 6.39. The van der Waals surface area contributed by atoms with Gasteiger partial charge in [0.05, 0.1) is 20.3 Å². The van der Waals surface area contributed by atoms with Gasteiger partial charge >= 0.3 is 11.9 Å². The third-order valence-electron chi connectivity index (χ3n) is 1.99. The van der Waals surface area contributed by atoms with E-state index < -0.39 is 17.8 Å². The number of halogens is 1. The van der Waals surface area contributed by atoms with Crippen LogP contribution in [0.3, 0.4) is 0 Å². The fraction of sp³-hybridized carbons (Fsp3) is 0.167. The van der Waals surface area contributed by atoms with Gasteiger partial charge < -0.3 is 14.8 Å². The van der Waals surface area contributed by atoms with Crippen LogP contribution in [0.25, 0.3) is 0 Å². The molecule has 0 radical (unpaired) electrons. The zero-order valence-corrected chi connectivity index (χ0v) is 9.90. The molecule has 0 aliphatic heterocycles. The Labute approximate surface area is 103 Å². The van der Waals surface area contributed by atoms with E-state index >= 15 is 0 Å². The Bertz CT molecular complexity index is 467. The van der Waals surface area contributed by atoms with E-state index in [9.17, 15) is 14.0 Å². The minimum Gasteiger partial charge on any atom is -0.466 e. The molecule has 0 aliphatic carbocycles. The van der Waals surface area contributed by atoms with Gasteiger partial charge in [-0.25, -0.2) is 14.0 Å². The highest BCUT2D eigenvalue weighted by molar-refractivity contribution is 5.98. The van der Waals surface area contributed by atoms with Crippen molar-refractivity contribution in [3.8, 4) is 0 Å². The Balaban J connectivity index is 2.91. The number of methoxy groups -OCH3 is 2. The lowest BCUT2D eigenvalue weighted by Crippen LogP contribution is -2.15. The first-order valence-corrected chi connectivity index (χ1v) is 4.97. The molecule has 0 heterocycles. The molecule has 96 valence electrons. The number of esters is 2. The van der Waals surface area contributed by atoms with Crippen LogP contribution in [0.15, 0.2) is 36.0 Å². The normalized spacial score (nSPS) is 10.7. The van der Waals surface area contributed by atoms with E-state index in [1.807, 2.05) is 0 Å². The van der Waals surface area contributed by atoms with Crippen molar-refractivity contribution in [2.45, 2.75) is 0 Å².